The molecule has 1 heterocycles. The van der Waals surface area contributed by atoms with Crippen LogP contribution < -0.4 is 5.73 Å². The number of fused-ring (bicyclic) bond motifs is 1. The first kappa shape index (κ1) is 16.6. The Balaban J connectivity index is 0.00000176. The van der Waals surface area contributed by atoms with E-state index in [1.54, 1.807) is 0 Å². The third-order valence-corrected chi connectivity index (χ3v) is 4.00. The maximum absolute atomic E-state index is 9.25. The summed E-state index contributed by atoms with van der Waals surface area (Å²) in [5.41, 5.74) is 10.9. The van der Waals surface area contributed by atoms with Crippen LogP contribution in [0.4, 0.5) is 0 Å². The Kier molecular flexibility index (Phi) is 5.24. The van der Waals surface area contributed by atoms with Crippen LogP contribution in [0.25, 0.3) is 22.2 Å². The molecule has 0 bridgehead atoms. The number of aliphatic hydroxyl groups excluding tert-OH is 1. The van der Waals surface area contributed by atoms with Gasteiger partial charge in [0.2, 0.25) is 0 Å². The van der Waals surface area contributed by atoms with E-state index in [-0.39, 0.29) is 25.1 Å². The summed E-state index contributed by atoms with van der Waals surface area (Å²) in [4.78, 5) is 0. The fourth-order valence-corrected chi connectivity index (χ4v) is 3.03. The summed E-state index contributed by atoms with van der Waals surface area (Å²) in [5.74, 6) is 0. The van der Waals surface area contributed by atoms with Gasteiger partial charge in [0.05, 0.1) is 5.69 Å². The van der Waals surface area contributed by atoms with E-state index < -0.39 is 0 Å². The lowest BCUT2D eigenvalue weighted by molar-refractivity contribution is 0.277. The van der Waals surface area contributed by atoms with Gasteiger partial charge in [-0.2, -0.15) is 0 Å². The quantitative estimate of drug-likeness (QED) is 0.772. The van der Waals surface area contributed by atoms with Gasteiger partial charge in [-0.05, 0) is 18.1 Å². The van der Waals surface area contributed by atoms with Crippen molar-refractivity contribution in [2.75, 3.05) is 6.61 Å². The van der Waals surface area contributed by atoms with Crippen molar-refractivity contribution in [1.29, 1.82) is 0 Å². The normalized spacial score (nSPS) is 12.1. The molecule has 4 heteroatoms. The summed E-state index contributed by atoms with van der Waals surface area (Å²) in [7, 11) is 2.07. The van der Waals surface area contributed by atoms with Gasteiger partial charge in [0, 0.05) is 36.2 Å². The first-order valence-corrected chi connectivity index (χ1v) is 7.23. The molecule has 0 amide bonds. The van der Waals surface area contributed by atoms with Crippen LogP contribution in [-0.2, 0) is 7.05 Å². The second-order valence-corrected chi connectivity index (χ2v) is 5.32. The molecule has 0 radical (unpaired) electrons. The van der Waals surface area contributed by atoms with Crippen LogP contribution >= 0.6 is 12.4 Å². The van der Waals surface area contributed by atoms with Crippen molar-refractivity contribution in [2.45, 2.75) is 12.5 Å². The Labute approximate surface area is 136 Å². The molecule has 3 rings (SSSR count). The van der Waals surface area contributed by atoms with E-state index in [9.17, 15) is 5.11 Å². The van der Waals surface area contributed by atoms with E-state index in [0.717, 1.165) is 16.8 Å². The van der Waals surface area contributed by atoms with Crippen LogP contribution in [0.3, 0.4) is 0 Å². The molecule has 22 heavy (non-hydrogen) atoms. The SMILES string of the molecule is Cl.Cn1c(-c2ccccc2)c(C(N)CCO)c2ccccc21. The van der Waals surface area contributed by atoms with Crippen LogP contribution in [0.5, 0.6) is 0 Å². The summed E-state index contributed by atoms with van der Waals surface area (Å²) in [6.07, 6.45) is 0.563. The largest absolute Gasteiger partial charge is 0.396 e. The molecule has 1 atom stereocenters. The van der Waals surface area contributed by atoms with Crippen molar-refractivity contribution in [3.05, 3.63) is 60.2 Å². The number of aliphatic hydroxyl groups is 1. The van der Waals surface area contributed by atoms with Gasteiger partial charge >= 0.3 is 0 Å². The lowest BCUT2D eigenvalue weighted by Crippen LogP contribution is -2.13. The van der Waals surface area contributed by atoms with E-state index in [1.807, 2.05) is 30.3 Å². The summed E-state index contributed by atoms with van der Waals surface area (Å²) in [6, 6.07) is 18.4. The molecular weight excluding hydrogens is 296 g/mol. The molecule has 0 saturated carbocycles. The number of halogens is 1. The molecule has 3 aromatic rings. The van der Waals surface area contributed by atoms with Gasteiger partial charge in [0.25, 0.3) is 0 Å². The fraction of sp³-hybridized carbons (Fsp3) is 0.222. The Bertz CT molecular complexity index is 752. The zero-order valence-electron chi connectivity index (χ0n) is 12.6. The molecular formula is C18H21ClN2O. The van der Waals surface area contributed by atoms with Crippen LogP contribution in [0.15, 0.2) is 54.6 Å². The first-order valence-electron chi connectivity index (χ1n) is 7.23. The van der Waals surface area contributed by atoms with Crippen molar-refractivity contribution in [3.63, 3.8) is 0 Å². The second kappa shape index (κ2) is 6.97. The van der Waals surface area contributed by atoms with E-state index >= 15 is 0 Å². The van der Waals surface area contributed by atoms with Crippen LogP contribution in [0.2, 0.25) is 0 Å². The highest BCUT2D eigenvalue weighted by Crippen LogP contribution is 2.36. The molecule has 0 aliphatic rings. The van der Waals surface area contributed by atoms with Gasteiger partial charge in [-0.15, -0.1) is 12.4 Å². The average Bonchev–Trinajstić information content (AvgIpc) is 2.82. The van der Waals surface area contributed by atoms with E-state index in [0.29, 0.717) is 6.42 Å². The number of nitrogens with zero attached hydrogens (tertiary/aromatic N) is 1. The lowest BCUT2D eigenvalue weighted by atomic mass is 9.97. The molecule has 0 aliphatic heterocycles. The third kappa shape index (κ3) is 2.75. The van der Waals surface area contributed by atoms with Crippen molar-refractivity contribution < 1.29 is 5.11 Å². The highest BCUT2D eigenvalue weighted by molar-refractivity contribution is 5.92. The molecule has 0 spiro atoms. The maximum Gasteiger partial charge on any atom is 0.0537 e. The van der Waals surface area contributed by atoms with Gasteiger partial charge in [-0.1, -0.05) is 48.5 Å². The average molecular weight is 317 g/mol. The van der Waals surface area contributed by atoms with Gasteiger partial charge in [0.1, 0.15) is 0 Å². The van der Waals surface area contributed by atoms with E-state index in [1.165, 1.54) is 10.9 Å². The highest BCUT2D eigenvalue weighted by atomic mass is 35.5. The number of rotatable bonds is 4. The standard InChI is InChI=1S/C18H20N2O.ClH/c1-20-16-10-6-5-9-14(16)17(15(19)11-12-21)18(20)13-7-3-2-4-8-13;/h2-10,15,21H,11-12,19H2,1H3;1H. The number of hydrogen-bond acceptors (Lipinski definition) is 2. The van der Waals surface area contributed by atoms with Crippen LogP contribution in [0, 0.1) is 0 Å². The predicted molar refractivity (Wildman–Crippen MR) is 94.2 cm³/mol. The topological polar surface area (TPSA) is 51.2 Å². The van der Waals surface area contributed by atoms with Crippen molar-refractivity contribution in [3.8, 4) is 11.3 Å². The van der Waals surface area contributed by atoms with Crippen molar-refractivity contribution in [1.82, 2.24) is 4.57 Å². The number of para-hydroxylation sites is 1. The molecule has 0 aliphatic carbocycles. The number of aromatic nitrogens is 1. The van der Waals surface area contributed by atoms with Crippen molar-refractivity contribution >= 4 is 23.3 Å². The number of benzene rings is 2. The van der Waals surface area contributed by atoms with Crippen LogP contribution in [-0.4, -0.2) is 16.3 Å². The molecule has 0 saturated heterocycles. The smallest absolute Gasteiger partial charge is 0.0537 e. The van der Waals surface area contributed by atoms with Gasteiger partial charge < -0.3 is 15.4 Å². The number of aryl methyl sites for hydroxylation is 1. The molecule has 1 aromatic heterocycles. The number of hydrogen-bond donors (Lipinski definition) is 2. The minimum atomic E-state index is -0.170. The Morgan fingerprint density at radius 3 is 2.36 bits per heavy atom. The summed E-state index contributed by atoms with van der Waals surface area (Å²) >= 11 is 0. The predicted octanol–water partition coefficient (Wildman–Crippen LogP) is 3.65. The summed E-state index contributed by atoms with van der Waals surface area (Å²) < 4.78 is 2.19. The minimum absolute atomic E-state index is 0. The third-order valence-electron chi connectivity index (χ3n) is 4.00. The summed E-state index contributed by atoms with van der Waals surface area (Å²) in [6.45, 7) is 0.0959. The molecule has 3 N–H and O–H groups in total. The molecule has 3 nitrogen and oxygen atoms in total. The fourth-order valence-electron chi connectivity index (χ4n) is 3.03. The van der Waals surface area contributed by atoms with Gasteiger partial charge in [0.15, 0.2) is 0 Å². The number of nitrogens with two attached hydrogens (primary N) is 1. The van der Waals surface area contributed by atoms with Crippen molar-refractivity contribution in [2.24, 2.45) is 12.8 Å². The minimum Gasteiger partial charge on any atom is -0.396 e. The van der Waals surface area contributed by atoms with Gasteiger partial charge in [-0.3, -0.25) is 0 Å². The van der Waals surface area contributed by atoms with Gasteiger partial charge in [-0.25, -0.2) is 0 Å². The molecule has 2 aromatic carbocycles. The highest BCUT2D eigenvalue weighted by Gasteiger charge is 2.20. The first-order chi connectivity index (χ1) is 10.2. The Hall–Kier alpha value is -1.81. The zero-order valence-corrected chi connectivity index (χ0v) is 13.4. The second-order valence-electron chi connectivity index (χ2n) is 5.32. The molecule has 0 fully saturated rings. The lowest BCUT2D eigenvalue weighted by Gasteiger charge is -2.14. The Morgan fingerprint density at radius 2 is 1.68 bits per heavy atom. The summed E-state index contributed by atoms with van der Waals surface area (Å²) in [5, 5.41) is 10.4. The monoisotopic (exact) mass is 316 g/mol. The molecule has 116 valence electrons. The van der Waals surface area contributed by atoms with E-state index in [4.69, 9.17) is 5.73 Å². The Morgan fingerprint density at radius 1 is 1.05 bits per heavy atom. The maximum atomic E-state index is 9.25. The zero-order chi connectivity index (χ0) is 14.8. The van der Waals surface area contributed by atoms with Crippen LogP contribution in [0.1, 0.15) is 18.0 Å². The molecule has 1 unspecified atom stereocenters. The van der Waals surface area contributed by atoms with E-state index in [2.05, 4.69) is 35.9 Å².